The molecule has 1 heterocycles. The Labute approximate surface area is 94.4 Å². The van der Waals surface area contributed by atoms with E-state index < -0.39 is 0 Å². The second-order valence-electron chi connectivity index (χ2n) is 4.24. The van der Waals surface area contributed by atoms with Gasteiger partial charge in [0.25, 0.3) is 0 Å². The number of furan rings is 1. The van der Waals surface area contributed by atoms with E-state index in [0.29, 0.717) is 11.5 Å². The lowest BCUT2D eigenvalue weighted by Crippen LogP contribution is -2.17. The van der Waals surface area contributed by atoms with Crippen LogP contribution < -0.4 is 5.32 Å². The molecule has 1 aromatic heterocycles. The van der Waals surface area contributed by atoms with Gasteiger partial charge in [-0.2, -0.15) is 0 Å². The largest absolute Gasteiger partial charge is 0.458 e. The molecule has 0 saturated carbocycles. The lowest BCUT2D eigenvalue weighted by atomic mass is 10.1. The molecule has 1 N–H and O–H groups in total. The third kappa shape index (κ3) is 2.25. The average molecular weight is 221 g/mol. The highest BCUT2D eigenvalue weighted by molar-refractivity contribution is 5.78. The molecule has 0 spiro atoms. The fraction of sp³-hybridized carbons (Fsp3) is 0.385. The second-order valence-corrected chi connectivity index (χ2v) is 4.24. The molecule has 0 bridgehead atoms. The summed E-state index contributed by atoms with van der Waals surface area (Å²) in [5.74, 6) is 1.04. The van der Waals surface area contributed by atoms with Gasteiger partial charge in [-0.3, -0.25) is 0 Å². The van der Waals surface area contributed by atoms with E-state index in [-0.39, 0.29) is 5.82 Å². The number of rotatable bonds is 4. The molecule has 2 nitrogen and oxygen atoms in total. The van der Waals surface area contributed by atoms with E-state index in [0.717, 1.165) is 24.1 Å². The molecule has 0 aliphatic rings. The summed E-state index contributed by atoms with van der Waals surface area (Å²) in [6, 6.07) is 6.92. The van der Waals surface area contributed by atoms with Gasteiger partial charge in [0, 0.05) is 11.8 Å². The molecule has 2 aromatic rings. The zero-order chi connectivity index (χ0) is 11.5. The Morgan fingerprint density at radius 1 is 1.44 bits per heavy atom. The molecule has 0 aliphatic carbocycles. The van der Waals surface area contributed by atoms with Gasteiger partial charge in [-0.25, -0.2) is 4.39 Å². The van der Waals surface area contributed by atoms with Gasteiger partial charge in [0.05, 0.1) is 0 Å². The van der Waals surface area contributed by atoms with Crippen molar-refractivity contribution in [3.63, 3.8) is 0 Å². The summed E-state index contributed by atoms with van der Waals surface area (Å²) >= 11 is 0. The van der Waals surface area contributed by atoms with Gasteiger partial charge >= 0.3 is 0 Å². The van der Waals surface area contributed by atoms with Gasteiger partial charge in [-0.05, 0) is 31.6 Å². The van der Waals surface area contributed by atoms with Crippen molar-refractivity contribution in [2.24, 2.45) is 5.92 Å². The molecule has 0 amide bonds. The van der Waals surface area contributed by atoms with Gasteiger partial charge in [0.15, 0.2) is 11.4 Å². The van der Waals surface area contributed by atoms with Crippen LogP contribution in [0.4, 0.5) is 4.39 Å². The van der Waals surface area contributed by atoms with Crippen LogP contribution in [-0.4, -0.2) is 13.6 Å². The summed E-state index contributed by atoms with van der Waals surface area (Å²) in [6.07, 6.45) is 0.828. The maximum atomic E-state index is 13.4. The lowest BCUT2D eigenvalue weighted by molar-refractivity contribution is 0.457. The van der Waals surface area contributed by atoms with E-state index >= 15 is 0 Å². The molecule has 1 aromatic carbocycles. The zero-order valence-corrected chi connectivity index (χ0v) is 9.59. The van der Waals surface area contributed by atoms with E-state index in [1.54, 1.807) is 6.07 Å². The predicted octanol–water partition coefficient (Wildman–Crippen LogP) is 2.97. The maximum Gasteiger partial charge on any atom is 0.169 e. The average Bonchev–Trinajstić information content (AvgIpc) is 2.62. The molecule has 0 aliphatic heterocycles. The van der Waals surface area contributed by atoms with Crippen LogP contribution in [0, 0.1) is 11.7 Å². The van der Waals surface area contributed by atoms with Crippen LogP contribution in [0.2, 0.25) is 0 Å². The van der Waals surface area contributed by atoms with Crippen molar-refractivity contribution in [2.45, 2.75) is 13.3 Å². The fourth-order valence-corrected chi connectivity index (χ4v) is 1.95. The number of hydrogen-bond acceptors (Lipinski definition) is 2. The molecular weight excluding hydrogens is 205 g/mol. The maximum absolute atomic E-state index is 13.4. The highest BCUT2D eigenvalue weighted by Gasteiger charge is 2.10. The Kier molecular flexibility index (Phi) is 3.25. The molecule has 16 heavy (non-hydrogen) atoms. The lowest BCUT2D eigenvalue weighted by Gasteiger charge is -2.07. The van der Waals surface area contributed by atoms with Crippen LogP contribution >= 0.6 is 0 Å². The molecule has 86 valence electrons. The number of benzene rings is 1. The Morgan fingerprint density at radius 2 is 2.25 bits per heavy atom. The zero-order valence-electron chi connectivity index (χ0n) is 9.59. The Bertz CT molecular complexity index is 478. The molecule has 2 rings (SSSR count). The SMILES string of the molecule is CNCC(C)Cc1cc2cccc(F)c2o1. The number of fused-ring (bicyclic) bond motifs is 1. The first-order valence-electron chi connectivity index (χ1n) is 5.52. The molecular formula is C13H16FNO. The van der Waals surface area contributed by atoms with E-state index in [1.807, 2.05) is 19.2 Å². The van der Waals surface area contributed by atoms with Crippen molar-refractivity contribution in [3.8, 4) is 0 Å². The third-order valence-electron chi connectivity index (χ3n) is 2.65. The first kappa shape index (κ1) is 11.1. The van der Waals surface area contributed by atoms with E-state index in [4.69, 9.17) is 4.42 Å². The number of nitrogens with one attached hydrogen (secondary N) is 1. The second kappa shape index (κ2) is 4.66. The quantitative estimate of drug-likeness (QED) is 0.858. The highest BCUT2D eigenvalue weighted by atomic mass is 19.1. The van der Waals surface area contributed by atoms with Gasteiger partial charge in [0.2, 0.25) is 0 Å². The van der Waals surface area contributed by atoms with Crippen LogP contribution in [0.25, 0.3) is 11.0 Å². The van der Waals surface area contributed by atoms with E-state index in [1.165, 1.54) is 6.07 Å². The van der Waals surface area contributed by atoms with Crippen molar-refractivity contribution in [2.75, 3.05) is 13.6 Å². The summed E-state index contributed by atoms with van der Waals surface area (Å²) in [4.78, 5) is 0. The van der Waals surface area contributed by atoms with Gasteiger partial charge < -0.3 is 9.73 Å². The summed E-state index contributed by atoms with van der Waals surface area (Å²) < 4.78 is 18.9. The number of hydrogen-bond donors (Lipinski definition) is 1. The van der Waals surface area contributed by atoms with Gasteiger partial charge in [-0.15, -0.1) is 0 Å². The van der Waals surface area contributed by atoms with Gasteiger partial charge in [-0.1, -0.05) is 19.1 Å². The number of para-hydroxylation sites is 1. The van der Waals surface area contributed by atoms with Crippen LogP contribution in [0.15, 0.2) is 28.7 Å². The van der Waals surface area contributed by atoms with Crippen LogP contribution in [0.1, 0.15) is 12.7 Å². The van der Waals surface area contributed by atoms with Crippen molar-refractivity contribution in [3.05, 3.63) is 35.8 Å². The van der Waals surface area contributed by atoms with E-state index in [2.05, 4.69) is 12.2 Å². The molecule has 0 saturated heterocycles. The molecule has 1 atom stereocenters. The minimum atomic E-state index is -0.287. The Balaban J connectivity index is 2.23. The predicted molar refractivity (Wildman–Crippen MR) is 63.0 cm³/mol. The third-order valence-corrected chi connectivity index (χ3v) is 2.65. The topological polar surface area (TPSA) is 25.2 Å². The fourth-order valence-electron chi connectivity index (χ4n) is 1.95. The first-order valence-corrected chi connectivity index (χ1v) is 5.52. The van der Waals surface area contributed by atoms with Crippen molar-refractivity contribution < 1.29 is 8.81 Å². The van der Waals surface area contributed by atoms with Crippen LogP contribution in [0.3, 0.4) is 0 Å². The van der Waals surface area contributed by atoms with Crippen molar-refractivity contribution in [1.82, 2.24) is 5.32 Å². The summed E-state index contributed by atoms with van der Waals surface area (Å²) in [5, 5.41) is 3.96. The van der Waals surface area contributed by atoms with Crippen LogP contribution in [0.5, 0.6) is 0 Å². The van der Waals surface area contributed by atoms with Gasteiger partial charge in [0.1, 0.15) is 5.76 Å². The smallest absolute Gasteiger partial charge is 0.169 e. The molecule has 3 heteroatoms. The normalized spacial score (nSPS) is 13.2. The standard InChI is InChI=1S/C13H16FNO/c1-9(8-15-2)6-11-7-10-4-3-5-12(14)13(10)16-11/h3-5,7,9,15H,6,8H2,1-2H3. The minimum absolute atomic E-state index is 0.287. The van der Waals surface area contributed by atoms with E-state index in [9.17, 15) is 4.39 Å². The molecule has 1 unspecified atom stereocenters. The van der Waals surface area contributed by atoms with Crippen molar-refractivity contribution >= 4 is 11.0 Å². The summed E-state index contributed by atoms with van der Waals surface area (Å²) in [7, 11) is 1.93. The van der Waals surface area contributed by atoms with Crippen molar-refractivity contribution in [1.29, 1.82) is 0 Å². The molecule has 0 radical (unpaired) electrons. The number of halogens is 1. The molecule has 0 fully saturated rings. The Hall–Kier alpha value is -1.35. The summed E-state index contributed by atoms with van der Waals surface area (Å²) in [5.41, 5.74) is 0.370. The minimum Gasteiger partial charge on any atom is -0.458 e. The Morgan fingerprint density at radius 3 is 2.94 bits per heavy atom. The summed E-state index contributed by atoms with van der Waals surface area (Å²) in [6.45, 7) is 3.07. The highest BCUT2D eigenvalue weighted by Crippen LogP contribution is 2.23. The first-order chi connectivity index (χ1) is 7.70. The monoisotopic (exact) mass is 221 g/mol. The van der Waals surface area contributed by atoms with Crippen LogP contribution in [-0.2, 0) is 6.42 Å².